The van der Waals surface area contributed by atoms with Gasteiger partial charge >= 0.3 is 0 Å². The van der Waals surface area contributed by atoms with Crippen LogP contribution in [0.25, 0.3) is 0 Å². The molecule has 1 heterocycles. The molecule has 0 fully saturated rings. The smallest absolute Gasteiger partial charge is 0.128 e. The number of benzene rings is 2. The molecule has 0 aliphatic carbocycles. The second-order valence-corrected chi connectivity index (χ2v) is 4.60. The number of aromatic hydroxyl groups is 1. The van der Waals surface area contributed by atoms with E-state index < -0.39 is 0 Å². The Morgan fingerprint density at radius 3 is 2.94 bits per heavy atom. The molecule has 1 aliphatic heterocycles. The fraction of sp³-hybridized carbons (Fsp3) is 0.200. The van der Waals surface area contributed by atoms with E-state index in [1.165, 1.54) is 5.56 Å². The summed E-state index contributed by atoms with van der Waals surface area (Å²) < 4.78 is 5.57. The van der Waals surface area contributed by atoms with Crippen molar-refractivity contribution >= 4 is 5.69 Å². The molecule has 18 heavy (non-hydrogen) atoms. The van der Waals surface area contributed by atoms with Gasteiger partial charge in [0.25, 0.3) is 0 Å². The second-order valence-electron chi connectivity index (χ2n) is 4.60. The molecule has 3 rings (SSSR count). The third-order valence-corrected chi connectivity index (χ3v) is 3.14. The fourth-order valence-corrected chi connectivity index (χ4v) is 2.25. The molecule has 3 heteroatoms. The van der Waals surface area contributed by atoms with Crippen molar-refractivity contribution in [1.82, 2.24) is 0 Å². The molecular weight excluding hydrogens is 226 g/mol. The Bertz CT molecular complexity index is 580. The lowest BCUT2D eigenvalue weighted by Crippen LogP contribution is -2.11. The van der Waals surface area contributed by atoms with Crippen LogP contribution in [0.1, 0.15) is 17.2 Å². The van der Waals surface area contributed by atoms with Gasteiger partial charge in [-0.1, -0.05) is 12.1 Å². The molecule has 1 aliphatic rings. The number of rotatable bonds is 2. The van der Waals surface area contributed by atoms with Gasteiger partial charge in [0, 0.05) is 17.3 Å². The third kappa shape index (κ3) is 1.99. The number of aryl methyl sites for hydroxylation is 1. The molecule has 0 aromatic heterocycles. The van der Waals surface area contributed by atoms with Crippen molar-refractivity contribution in [2.24, 2.45) is 0 Å². The molecule has 2 aromatic rings. The summed E-state index contributed by atoms with van der Waals surface area (Å²) in [6.45, 7) is 2.66. The van der Waals surface area contributed by atoms with E-state index in [4.69, 9.17) is 4.74 Å². The van der Waals surface area contributed by atoms with Gasteiger partial charge in [0.15, 0.2) is 0 Å². The first-order chi connectivity index (χ1) is 8.72. The molecule has 0 radical (unpaired) electrons. The zero-order chi connectivity index (χ0) is 12.5. The number of hydrogen-bond donors (Lipinski definition) is 2. The lowest BCUT2D eigenvalue weighted by atomic mass is 10.1. The molecule has 92 valence electrons. The summed E-state index contributed by atoms with van der Waals surface area (Å²) in [5, 5.41) is 12.9. The Balaban J connectivity index is 1.85. The van der Waals surface area contributed by atoms with Gasteiger partial charge in [0.05, 0.1) is 6.04 Å². The maximum atomic E-state index is 9.41. The molecule has 0 spiro atoms. The summed E-state index contributed by atoms with van der Waals surface area (Å²) in [6, 6.07) is 13.7. The number of anilines is 1. The summed E-state index contributed by atoms with van der Waals surface area (Å²) in [5.41, 5.74) is 3.41. The van der Waals surface area contributed by atoms with Gasteiger partial charge in [-0.15, -0.1) is 0 Å². The number of hydrogen-bond acceptors (Lipinski definition) is 3. The van der Waals surface area contributed by atoms with Crippen LogP contribution in [0.4, 0.5) is 5.69 Å². The van der Waals surface area contributed by atoms with E-state index >= 15 is 0 Å². The Labute approximate surface area is 106 Å². The van der Waals surface area contributed by atoms with Crippen LogP contribution in [0.15, 0.2) is 42.5 Å². The van der Waals surface area contributed by atoms with Gasteiger partial charge in [-0.25, -0.2) is 0 Å². The first-order valence-corrected chi connectivity index (χ1v) is 6.01. The van der Waals surface area contributed by atoms with Crippen molar-refractivity contribution in [2.45, 2.75) is 13.0 Å². The van der Waals surface area contributed by atoms with Crippen LogP contribution in [-0.4, -0.2) is 11.7 Å². The van der Waals surface area contributed by atoms with E-state index in [0.29, 0.717) is 6.61 Å². The second kappa shape index (κ2) is 4.26. The minimum absolute atomic E-state index is 0.141. The fourth-order valence-electron chi connectivity index (χ4n) is 2.25. The van der Waals surface area contributed by atoms with Crippen LogP contribution in [0.2, 0.25) is 0 Å². The number of phenolic OH excluding ortho intramolecular Hbond substituents is 1. The largest absolute Gasteiger partial charge is 0.508 e. The molecule has 0 bridgehead atoms. The highest BCUT2D eigenvalue weighted by Gasteiger charge is 2.24. The highest BCUT2D eigenvalue weighted by Crippen LogP contribution is 2.36. The monoisotopic (exact) mass is 241 g/mol. The Kier molecular flexibility index (Phi) is 2.59. The minimum Gasteiger partial charge on any atom is -0.508 e. The normalized spacial score (nSPS) is 17.1. The van der Waals surface area contributed by atoms with E-state index in [0.717, 1.165) is 17.0 Å². The standard InChI is InChI=1S/C15H15NO2/c1-10-3-2-4-11(7-10)16-14-9-18-15-8-12(17)5-6-13(14)15/h2-8,14,16-17H,9H2,1H3. The first kappa shape index (κ1) is 11.0. The average molecular weight is 241 g/mol. The predicted molar refractivity (Wildman–Crippen MR) is 71.1 cm³/mol. The van der Waals surface area contributed by atoms with Crippen molar-refractivity contribution in [3.63, 3.8) is 0 Å². The van der Waals surface area contributed by atoms with Crippen molar-refractivity contribution in [3.05, 3.63) is 53.6 Å². The van der Waals surface area contributed by atoms with Gasteiger partial charge in [0.2, 0.25) is 0 Å². The number of fused-ring (bicyclic) bond motifs is 1. The summed E-state index contributed by atoms with van der Waals surface area (Å²) in [5.74, 6) is 1.00. The summed E-state index contributed by atoms with van der Waals surface area (Å²) >= 11 is 0. The van der Waals surface area contributed by atoms with E-state index in [1.807, 2.05) is 18.2 Å². The molecule has 1 atom stereocenters. The van der Waals surface area contributed by atoms with Crippen LogP contribution >= 0.6 is 0 Å². The zero-order valence-electron chi connectivity index (χ0n) is 10.2. The van der Waals surface area contributed by atoms with E-state index in [1.54, 1.807) is 12.1 Å². The van der Waals surface area contributed by atoms with Crippen LogP contribution in [0.5, 0.6) is 11.5 Å². The minimum atomic E-state index is 0.141. The maximum absolute atomic E-state index is 9.41. The Morgan fingerprint density at radius 2 is 2.11 bits per heavy atom. The third-order valence-electron chi connectivity index (χ3n) is 3.14. The van der Waals surface area contributed by atoms with Crippen LogP contribution in [0, 0.1) is 6.92 Å². The molecule has 1 unspecified atom stereocenters. The molecular formula is C15H15NO2. The highest BCUT2D eigenvalue weighted by molar-refractivity contribution is 5.52. The van der Waals surface area contributed by atoms with Crippen molar-refractivity contribution in [3.8, 4) is 11.5 Å². The highest BCUT2D eigenvalue weighted by atomic mass is 16.5. The van der Waals surface area contributed by atoms with Gasteiger partial charge in [0.1, 0.15) is 18.1 Å². The van der Waals surface area contributed by atoms with Crippen LogP contribution in [0.3, 0.4) is 0 Å². The first-order valence-electron chi connectivity index (χ1n) is 6.01. The van der Waals surface area contributed by atoms with E-state index in [9.17, 15) is 5.11 Å². The Hall–Kier alpha value is -2.16. The SMILES string of the molecule is Cc1cccc(NC2COc3cc(O)ccc32)c1. The summed E-state index contributed by atoms with van der Waals surface area (Å²) in [7, 11) is 0. The van der Waals surface area contributed by atoms with Gasteiger partial charge in [-0.3, -0.25) is 0 Å². The van der Waals surface area contributed by atoms with Crippen LogP contribution in [-0.2, 0) is 0 Å². The predicted octanol–water partition coefficient (Wildman–Crippen LogP) is 3.25. The van der Waals surface area contributed by atoms with Gasteiger partial charge in [-0.2, -0.15) is 0 Å². The average Bonchev–Trinajstić information content (AvgIpc) is 2.72. The lowest BCUT2D eigenvalue weighted by molar-refractivity contribution is 0.338. The summed E-state index contributed by atoms with van der Waals surface area (Å²) in [4.78, 5) is 0. The Morgan fingerprint density at radius 1 is 1.22 bits per heavy atom. The molecule has 0 saturated heterocycles. The maximum Gasteiger partial charge on any atom is 0.128 e. The van der Waals surface area contributed by atoms with Crippen molar-refractivity contribution in [1.29, 1.82) is 0 Å². The molecule has 2 aromatic carbocycles. The lowest BCUT2D eigenvalue weighted by Gasteiger charge is -2.13. The topological polar surface area (TPSA) is 41.5 Å². The molecule has 0 saturated carbocycles. The number of nitrogens with one attached hydrogen (secondary N) is 1. The zero-order valence-corrected chi connectivity index (χ0v) is 10.2. The molecule has 0 amide bonds. The van der Waals surface area contributed by atoms with E-state index in [2.05, 4.69) is 24.4 Å². The van der Waals surface area contributed by atoms with Crippen molar-refractivity contribution < 1.29 is 9.84 Å². The number of phenols is 1. The van der Waals surface area contributed by atoms with Gasteiger partial charge < -0.3 is 15.2 Å². The molecule has 2 N–H and O–H groups in total. The van der Waals surface area contributed by atoms with Crippen LogP contribution < -0.4 is 10.1 Å². The number of ether oxygens (including phenoxy) is 1. The quantitative estimate of drug-likeness (QED) is 0.848. The summed E-state index contributed by atoms with van der Waals surface area (Å²) in [6.07, 6.45) is 0. The molecule has 3 nitrogen and oxygen atoms in total. The van der Waals surface area contributed by atoms with E-state index in [-0.39, 0.29) is 11.8 Å². The van der Waals surface area contributed by atoms with Crippen molar-refractivity contribution in [2.75, 3.05) is 11.9 Å². The van der Waals surface area contributed by atoms with Gasteiger partial charge in [-0.05, 0) is 36.8 Å².